The number of hydrogen-bond donors (Lipinski definition) is 1. The van der Waals surface area contributed by atoms with E-state index in [4.69, 9.17) is 4.74 Å². The van der Waals surface area contributed by atoms with Crippen molar-refractivity contribution >= 4 is 11.6 Å². The second kappa shape index (κ2) is 6.70. The number of carbonyl (C=O) groups is 1. The molecule has 2 aromatic rings. The molecule has 0 radical (unpaired) electrons. The van der Waals surface area contributed by atoms with Gasteiger partial charge in [0, 0.05) is 5.69 Å². The first-order valence-electron chi connectivity index (χ1n) is 6.49. The van der Waals surface area contributed by atoms with Gasteiger partial charge in [-0.1, -0.05) is 19.1 Å². The Hall–Kier alpha value is -2.36. The van der Waals surface area contributed by atoms with Crippen molar-refractivity contribution in [2.45, 2.75) is 13.3 Å². The summed E-state index contributed by atoms with van der Waals surface area (Å²) in [5.41, 5.74) is 0.626. The van der Waals surface area contributed by atoms with E-state index in [0.717, 1.165) is 12.2 Å². The maximum absolute atomic E-state index is 13.5. The first-order chi connectivity index (χ1) is 9.70. The zero-order valence-electron chi connectivity index (χ0n) is 11.2. The molecule has 2 rings (SSSR count). The smallest absolute Gasteiger partial charge is 0.258 e. The van der Waals surface area contributed by atoms with Gasteiger partial charge in [0.05, 0.1) is 12.2 Å². The molecule has 1 N–H and O–H groups in total. The van der Waals surface area contributed by atoms with E-state index < -0.39 is 11.7 Å². The molecule has 0 saturated heterocycles. The second-order valence-corrected chi connectivity index (χ2v) is 4.31. The highest BCUT2D eigenvalue weighted by Gasteiger charge is 2.10. The van der Waals surface area contributed by atoms with E-state index in [0.29, 0.717) is 12.3 Å². The highest BCUT2D eigenvalue weighted by atomic mass is 19.1. The van der Waals surface area contributed by atoms with Crippen LogP contribution in [0.5, 0.6) is 5.75 Å². The molecule has 0 aliphatic heterocycles. The van der Waals surface area contributed by atoms with Gasteiger partial charge in [-0.2, -0.15) is 0 Å². The van der Waals surface area contributed by atoms with Crippen LogP contribution in [0, 0.1) is 5.82 Å². The number of halogens is 1. The highest BCUT2D eigenvalue weighted by Crippen LogP contribution is 2.17. The molecule has 2 aromatic carbocycles. The highest BCUT2D eigenvalue weighted by molar-refractivity contribution is 6.04. The molecule has 20 heavy (non-hydrogen) atoms. The number of hydrogen-bond acceptors (Lipinski definition) is 2. The summed E-state index contributed by atoms with van der Waals surface area (Å²) in [4.78, 5) is 11.9. The van der Waals surface area contributed by atoms with Gasteiger partial charge in [0.1, 0.15) is 11.6 Å². The number of benzene rings is 2. The van der Waals surface area contributed by atoms with Gasteiger partial charge in [0.15, 0.2) is 0 Å². The van der Waals surface area contributed by atoms with Gasteiger partial charge in [0.2, 0.25) is 0 Å². The van der Waals surface area contributed by atoms with Crippen LogP contribution in [-0.2, 0) is 0 Å². The van der Waals surface area contributed by atoms with Gasteiger partial charge >= 0.3 is 0 Å². The standard InChI is InChI=1S/C16H16FNO2/c1-2-11-20-13-9-7-12(8-10-13)18-16(19)14-5-3-4-6-15(14)17/h3-10H,2,11H2,1H3,(H,18,19). The van der Waals surface area contributed by atoms with E-state index in [1.54, 1.807) is 36.4 Å². The van der Waals surface area contributed by atoms with Crippen LogP contribution in [0.1, 0.15) is 23.7 Å². The second-order valence-electron chi connectivity index (χ2n) is 4.31. The zero-order chi connectivity index (χ0) is 14.4. The van der Waals surface area contributed by atoms with Crippen molar-refractivity contribution in [3.05, 3.63) is 59.9 Å². The van der Waals surface area contributed by atoms with Crippen LogP contribution >= 0.6 is 0 Å². The molecule has 0 saturated carbocycles. The quantitative estimate of drug-likeness (QED) is 0.898. The van der Waals surface area contributed by atoms with Gasteiger partial charge in [-0.3, -0.25) is 4.79 Å². The molecule has 4 heteroatoms. The van der Waals surface area contributed by atoms with Crippen LogP contribution in [0.25, 0.3) is 0 Å². The summed E-state index contributed by atoms with van der Waals surface area (Å²) in [7, 11) is 0. The summed E-state index contributed by atoms with van der Waals surface area (Å²) in [5.74, 6) is -0.256. The molecular weight excluding hydrogens is 257 g/mol. The summed E-state index contributed by atoms with van der Waals surface area (Å²) >= 11 is 0. The van der Waals surface area contributed by atoms with E-state index in [2.05, 4.69) is 5.32 Å². The molecule has 0 bridgehead atoms. The third-order valence-electron chi connectivity index (χ3n) is 2.70. The van der Waals surface area contributed by atoms with Crippen molar-refractivity contribution < 1.29 is 13.9 Å². The molecule has 3 nitrogen and oxygen atoms in total. The van der Waals surface area contributed by atoms with Crippen LogP contribution < -0.4 is 10.1 Å². The normalized spacial score (nSPS) is 10.1. The molecule has 0 fully saturated rings. The number of amides is 1. The van der Waals surface area contributed by atoms with E-state index in [1.165, 1.54) is 12.1 Å². The Balaban J connectivity index is 2.03. The number of ether oxygens (including phenoxy) is 1. The largest absolute Gasteiger partial charge is 0.494 e. The van der Waals surface area contributed by atoms with Crippen LogP contribution in [-0.4, -0.2) is 12.5 Å². The fourth-order valence-electron chi connectivity index (χ4n) is 1.70. The van der Waals surface area contributed by atoms with Crippen molar-refractivity contribution in [2.24, 2.45) is 0 Å². The average Bonchev–Trinajstić information content (AvgIpc) is 2.47. The van der Waals surface area contributed by atoms with Crippen molar-refractivity contribution in [3.63, 3.8) is 0 Å². The molecule has 0 unspecified atom stereocenters. The van der Waals surface area contributed by atoms with Crippen molar-refractivity contribution in [1.82, 2.24) is 0 Å². The van der Waals surface area contributed by atoms with Gasteiger partial charge in [-0.15, -0.1) is 0 Å². The fraction of sp³-hybridized carbons (Fsp3) is 0.188. The predicted octanol–water partition coefficient (Wildman–Crippen LogP) is 3.87. The topological polar surface area (TPSA) is 38.3 Å². The van der Waals surface area contributed by atoms with Gasteiger partial charge < -0.3 is 10.1 Å². The molecule has 1 amide bonds. The zero-order valence-corrected chi connectivity index (χ0v) is 11.2. The average molecular weight is 273 g/mol. The van der Waals surface area contributed by atoms with E-state index in [9.17, 15) is 9.18 Å². The van der Waals surface area contributed by atoms with Crippen LogP contribution in [0.4, 0.5) is 10.1 Å². The van der Waals surface area contributed by atoms with Crippen molar-refractivity contribution in [1.29, 1.82) is 0 Å². The molecular formula is C16H16FNO2. The molecule has 0 spiro atoms. The first-order valence-corrected chi connectivity index (χ1v) is 6.49. The van der Waals surface area contributed by atoms with Crippen LogP contribution in [0.15, 0.2) is 48.5 Å². The van der Waals surface area contributed by atoms with Gasteiger partial charge in [0.25, 0.3) is 5.91 Å². The lowest BCUT2D eigenvalue weighted by atomic mass is 10.2. The molecule has 0 aliphatic carbocycles. The Morgan fingerprint density at radius 3 is 2.50 bits per heavy atom. The number of carbonyl (C=O) groups excluding carboxylic acids is 1. The van der Waals surface area contributed by atoms with E-state index in [-0.39, 0.29) is 5.56 Å². The van der Waals surface area contributed by atoms with Crippen molar-refractivity contribution in [2.75, 3.05) is 11.9 Å². The minimum absolute atomic E-state index is 0.0267. The summed E-state index contributed by atoms with van der Waals surface area (Å²) in [6.07, 6.45) is 0.936. The Morgan fingerprint density at radius 2 is 1.85 bits per heavy atom. The van der Waals surface area contributed by atoms with Gasteiger partial charge in [-0.25, -0.2) is 4.39 Å². The number of nitrogens with one attached hydrogen (secondary N) is 1. The van der Waals surface area contributed by atoms with Crippen LogP contribution in [0.3, 0.4) is 0 Å². The fourth-order valence-corrected chi connectivity index (χ4v) is 1.70. The molecule has 0 aliphatic rings. The van der Waals surface area contributed by atoms with Crippen LogP contribution in [0.2, 0.25) is 0 Å². The lowest BCUT2D eigenvalue weighted by Crippen LogP contribution is -2.13. The monoisotopic (exact) mass is 273 g/mol. The molecule has 0 atom stereocenters. The lowest BCUT2D eigenvalue weighted by molar-refractivity contribution is 0.102. The lowest BCUT2D eigenvalue weighted by Gasteiger charge is -2.08. The molecule has 0 aromatic heterocycles. The first kappa shape index (κ1) is 14.1. The Bertz CT molecular complexity index is 581. The molecule has 104 valence electrons. The number of rotatable bonds is 5. The Kier molecular flexibility index (Phi) is 4.71. The SMILES string of the molecule is CCCOc1ccc(NC(=O)c2ccccc2F)cc1. The van der Waals surface area contributed by atoms with E-state index in [1.807, 2.05) is 6.92 Å². The Morgan fingerprint density at radius 1 is 1.15 bits per heavy atom. The summed E-state index contributed by atoms with van der Waals surface area (Å²) in [6, 6.07) is 12.9. The summed E-state index contributed by atoms with van der Waals surface area (Å²) in [5, 5.41) is 2.65. The summed E-state index contributed by atoms with van der Waals surface area (Å²) < 4.78 is 18.9. The van der Waals surface area contributed by atoms with Crippen molar-refractivity contribution in [3.8, 4) is 5.75 Å². The number of anilines is 1. The molecule has 0 heterocycles. The third kappa shape index (κ3) is 3.57. The minimum atomic E-state index is -0.534. The Labute approximate surface area is 117 Å². The predicted molar refractivity (Wildman–Crippen MR) is 76.6 cm³/mol. The maximum Gasteiger partial charge on any atom is 0.258 e. The maximum atomic E-state index is 13.5. The summed E-state index contributed by atoms with van der Waals surface area (Å²) in [6.45, 7) is 2.68. The van der Waals surface area contributed by atoms with E-state index >= 15 is 0 Å². The third-order valence-corrected chi connectivity index (χ3v) is 2.70. The van der Waals surface area contributed by atoms with Gasteiger partial charge in [-0.05, 0) is 42.8 Å². The minimum Gasteiger partial charge on any atom is -0.494 e.